The van der Waals surface area contributed by atoms with Gasteiger partial charge in [-0.3, -0.25) is 4.68 Å². The Morgan fingerprint density at radius 1 is 1.31 bits per heavy atom. The lowest BCUT2D eigenvalue weighted by atomic mass is 9.91. The molecule has 0 bridgehead atoms. The predicted octanol–water partition coefficient (Wildman–Crippen LogP) is 2.68. The molecule has 0 aliphatic carbocycles. The van der Waals surface area contributed by atoms with Gasteiger partial charge in [0.05, 0.1) is 17.4 Å². The minimum Gasteiger partial charge on any atom is -0.311 e. The number of hydrogen-bond acceptors (Lipinski definition) is 2. The summed E-state index contributed by atoms with van der Waals surface area (Å²) in [6.45, 7) is 6.67. The first-order chi connectivity index (χ1) is 7.67. The van der Waals surface area contributed by atoms with Crippen molar-refractivity contribution in [2.45, 2.75) is 46.1 Å². The molecule has 1 N–H and O–H groups in total. The third-order valence-corrected chi connectivity index (χ3v) is 3.48. The summed E-state index contributed by atoms with van der Waals surface area (Å²) in [7, 11) is 4.09. The van der Waals surface area contributed by atoms with Crippen LogP contribution in [0.3, 0.4) is 0 Å². The summed E-state index contributed by atoms with van der Waals surface area (Å²) in [4.78, 5) is 0. The molecule has 0 aliphatic rings. The van der Waals surface area contributed by atoms with Crippen LogP contribution in [0, 0.1) is 5.92 Å². The Hall–Kier alpha value is -0.830. The van der Waals surface area contributed by atoms with E-state index < -0.39 is 0 Å². The fourth-order valence-electron chi connectivity index (χ4n) is 2.39. The highest BCUT2D eigenvalue weighted by atomic mass is 15.3. The molecule has 1 aromatic rings. The van der Waals surface area contributed by atoms with Crippen LogP contribution in [0.15, 0.2) is 6.07 Å². The van der Waals surface area contributed by atoms with Crippen molar-refractivity contribution >= 4 is 0 Å². The van der Waals surface area contributed by atoms with E-state index >= 15 is 0 Å². The van der Waals surface area contributed by atoms with E-state index in [1.54, 1.807) is 0 Å². The lowest BCUT2D eigenvalue weighted by Crippen LogP contribution is -2.26. The Kier molecular flexibility index (Phi) is 5.00. The van der Waals surface area contributed by atoms with Crippen molar-refractivity contribution in [1.29, 1.82) is 0 Å². The molecule has 1 rings (SSSR count). The van der Waals surface area contributed by atoms with E-state index in [0.29, 0.717) is 12.0 Å². The van der Waals surface area contributed by atoms with Crippen LogP contribution in [0.2, 0.25) is 0 Å². The van der Waals surface area contributed by atoms with E-state index in [1.165, 1.54) is 24.2 Å². The number of hydrogen-bond donors (Lipinski definition) is 1. The molecular weight excluding hydrogens is 198 g/mol. The molecule has 3 nitrogen and oxygen atoms in total. The van der Waals surface area contributed by atoms with Crippen molar-refractivity contribution in [3.05, 3.63) is 17.5 Å². The van der Waals surface area contributed by atoms with E-state index in [2.05, 4.69) is 37.3 Å². The van der Waals surface area contributed by atoms with E-state index in [-0.39, 0.29) is 0 Å². The van der Waals surface area contributed by atoms with Crippen molar-refractivity contribution < 1.29 is 0 Å². The Bertz CT molecular complexity index is 313. The Morgan fingerprint density at radius 2 is 1.94 bits per heavy atom. The Morgan fingerprint density at radius 3 is 2.31 bits per heavy atom. The van der Waals surface area contributed by atoms with Crippen LogP contribution in [0.1, 0.15) is 51.0 Å². The maximum absolute atomic E-state index is 4.53. The SMILES string of the molecule is CCc1cc(C(NC)C(CC)CC)n(C)n1. The standard InChI is InChI=1S/C13H25N3/c1-6-10(7-2)13(14-4)12-9-11(8-3)15-16(12)5/h9-10,13-14H,6-8H2,1-5H3. The molecule has 0 amide bonds. The van der Waals surface area contributed by atoms with E-state index in [0.717, 1.165) is 6.42 Å². The molecule has 0 saturated carbocycles. The molecule has 92 valence electrons. The number of rotatable bonds is 6. The summed E-state index contributed by atoms with van der Waals surface area (Å²) in [6.07, 6.45) is 3.41. The van der Waals surface area contributed by atoms with Crippen LogP contribution < -0.4 is 5.32 Å². The van der Waals surface area contributed by atoms with E-state index in [9.17, 15) is 0 Å². The number of aromatic nitrogens is 2. The van der Waals surface area contributed by atoms with Gasteiger partial charge in [-0.05, 0) is 25.5 Å². The zero-order chi connectivity index (χ0) is 12.1. The molecule has 1 atom stereocenters. The lowest BCUT2D eigenvalue weighted by molar-refractivity contribution is 0.344. The van der Waals surface area contributed by atoms with Crippen molar-refractivity contribution in [3.8, 4) is 0 Å². The topological polar surface area (TPSA) is 29.9 Å². The van der Waals surface area contributed by atoms with Crippen molar-refractivity contribution in [1.82, 2.24) is 15.1 Å². The van der Waals surface area contributed by atoms with Crippen molar-refractivity contribution in [2.24, 2.45) is 13.0 Å². The number of nitrogens with zero attached hydrogens (tertiary/aromatic N) is 2. The molecule has 0 fully saturated rings. The molecule has 1 unspecified atom stereocenters. The van der Waals surface area contributed by atoms with E-state index in [1.807, 2.05) is 18.8 Å². The molecule has 0 aromatic carbocycles. The molecule has 3 heteroatoms. The average Bonchev–Trinajstić information content (AvgIpc) is 2.67. The van der Waals surface area contributed by atoms with Gasteiger partial charge >= 0.3 is 0 Å². The summed E-state index contributed by atoms with van der Waals surface area (Å²) in [5.41, 5.74) is 2.50. The minimum atomic E-state index is 0.424. The summed E-state index contributed by atoms with van der Waals surface area (Å²) in [5, 5.41) is 7.96. The van der Waals surface area contributed by atoms with Gasteiger partial charge in [0.1, 0.15) is 0 Å². The first kappa shape index (κ1) is 13.2. The molecule has 1 heterocycles. The second-order valence-electron chi connectivity index (χ2n) is 4.38. The maximum Gasteiger partial charge on any atom is 0.0625 e. The van der Waals surface area contributed by atoms with E-state index in [4.69, 9.17) is 0 Å². The third-order valence-electron chi connectivity index (χ3n) is 3.48. The van der Waals surface area contributed by atoms with Gasteiger partial charge in [0, 0.05) is 7.05 Å². The molecule has 16 heavy (non-hydrogen) atoms. The minimum absolute atomic E-state index is 0.424. The zero-order valence-electron chi connectivity index (χ0n) is 11.2. The van der Waals surface area contributed by atoms with Crippen LogP contribution in [-0.2, 0) is 13.5 Å². The summed E-state index contributed by atoms with van der Waals surface area (Å²) >= 11 is 0. The highest BCUT2D eigenvalue weighted by Crippen LogP contribution is 2.27. The average molecular weight is 223 g/mol. The van der Waals surface area contributed by atoms with Gasteiger partial charge < -0.3 is 5.32 Å². The van der Waals surface area contributed by atoms with Gasteiger partial charge in [-0.25, -0.2) is 0 Å². The van der Waals surface area contributed by atoms with Crippen LogP contribution in [-0.4, -0.2) is 16.8 Å². The van der Waals surface area contributed by atoms with Gasteiger partial charge in [-0.15, -0.1) is 0 Å². The van der Waals surface area contributed by atoms with Crippen LogP contribution in [0.5, 0.6) is 0 Å². The highest BCUT2D eigenvalue weighted by Gasteiger charge is 2.22. The second-order valence-corrected chi connectivity index (χ2v) is 4.38. The molecule has 1 aromatic heterocycles. The summed E-state index contributed by atoms with van der Waals surface area (Å²) < 4.78 is 2.03. The van der Waals surface area contributed by atoms with Crippen molar-refractivity contribution in [3.63, 3.8) is 0 Å². The fourth-order valence-corrected chi connectivity index (χ4v) is 2.39. The molecule has 0 spiro atoms. The van der Waals surface area contributed by atoms with Gasteiger partial charge in [0.15, 0.2) is 0 Å². The van der Waals surface area contributed by atoms with Crippen molar-refractivity contribution in [2.75, 3.05) is 7.05 Å². The van der Waals surface area contributed by atoms with Crippen LogP contribution in [0.4, 0.5) is 0 Å². The first-order valence-electron chi connectivity index (χ1n) is 6.37. The normalized spacial score (nSPS) is 13.4. The Balaban J connectivity index is 2.97. The number of nitrogens with one attached hydrogen (secondary N) is 1. The summed E-state index contributed by atoms with van der Waals surface area (Å²) in [6, 6.07) is 2.66. The maximum atomic E-state index is 4.53. The fraction of sp³-hybridized carbons (Fsp3) is 0.769. The lowest BCUT2D eigenvalue weighted by Gasteiger charge is -2.24. The molecule has 0 saturated heterocycles. The largest absolute Gasteiger partial charge is 0.311 e. The highest BCUT2D eigenvalue weighted by molar-refractivity contribution is 5.15. The number of aryl methyl sites for hydroxylation is 2. The molecular formula is C13H25N3. The predicted molar refractivity (Wildman–Crippen MR) is 68.5 cm³/mol. The zero-order valence-corrected chi connectivity index (χ0v) is 11.2. The molecule has 0 aliphatic heterocycles. The molecule has 0 radical (unpaired) electrons. The Labute approximate surface area is 99.2 Å². The third kappa shape index (κ3) is 2.64. The smallest absolute Gasteiger partial charge is 0.0625 e. The van der Waals surface area contributed by atoms with Gasteiger partial charge in [-0.1, -0.05) is 33.6 Å². The van der Waals surface area contributed by atoms with Crippen LogP contribution >= 0.6 is 0 Å². The van der Waals surface area contributed by atoms with Gasteiger partial charge in [0.2, 0.25) is 0 Å². The summed E-state index contributed by atoms with van der Waals surface area (Å²) in [5.74, 6) is 0.685. The van der Waals surface area contributed by atoms with Gasteiger partial charge in [0.25, 0.3) is 0 Å². The second kappa shape index (κ2) is 6.04. The monoisotopic (exact) mass is 223 g/mol. The van der Waals surface area contributed by atoms with Gasteiger partial charge in [-0.2, -0.15) is 5.10 Å². The quantitative estimate of drug-likeness (QED) is 0.803. The van der Waals surface area contributed by atoms with Crippen LogP contribution in [0.25, 0.3) is 0 Å². The first-order valence-corrected chi connectivity index (χ1v) is 6.37.